The van der Waals surface area contributed by atoms with Crippen LogP contribution in [-0.4, -0.2) is 74.2 Å². The summed E-state index contributed by atoms with van der Waals surface area (Å²) in [6, 6.07) is 0.400. The normalized spacial score (nSPS) is 23.9. The van der Waals surface area contributed by atoms with Crippen molar-refractivity contribution < 1.29 is 9.53 Å². The molecule has 5 nitrogen and oxygen atoms in total. The predicted molar refractivity (Wildman–Crippen MR) is 84.4 cm³/mol. The Balaban J connectivity index is 1.57. The van der Waals surface area contributed by atoms with Crippen molar-refractivity contribution >= 4 is 5.91 Å². The minimum atomic E-state index is 0.0292. The summed E-state index contributed by atoms with van der Waals surface area (Å²) in [6.07, 6.45) is 6.34. The number of nitrogens with zero attached hydrogens (tertiary/aromatic N) is 2. The molecular formula is C16H31N3O2. The van der Waals surface area contributed by atoms with Crippen LogP contribution >= 0.6 is 0 Å². The number of hydrogen-bond acceptors (Lipinski definition) is 4. The first-order chi connectivity index (χ1) is 10.1. The van der Waals surface area contributed by atoms with Gasteiger partial charge in [-0.15, -0.1) is 0 Å². The molecule has 21 heavy (non-hydrogen) atoms. The van der Waals surface area contributed by atoms with Gasteiger partial charge in [0.15, 0.2) is 0 Å². The fourth-order valence-electron chi connectivity index (χ4n) is 3.13. The van der Waals surface area contributed by atoms with Gasteiger partial charge in [0.2, 0.25) is 5.91 Å². The zero-order valence-electron chi connectivity index (χ0n) is 13.6. The maximum absolute atomic E-state index is 11.9. The number of carbonyl (C=O) groups is 1. The lowest BCUT2D eigenvalue weighted by atomic mass is 9.98. The maximum atomic E-state index is 11.9. The third-order valence-electron chi connectivity index (χ3n) is 4.76. The molecule has 1 saturated carbocycles. The fourth-order valence-corrected chi connectivity index (χ4v) is 3.13. The molecule has 1 atom stereocenters. The lowest BCUT2D eigenvalue weighted by Crippen LogP contribution is -2.51. The summed E-state index contributed by atoms with van der Waals surface area (Å²) in [5.74, 6) is 0.0292. The van der Waals surface area contributed by atoms with Gasteiger partial charge in [0, 0.05) is 38.8 Å². The standard InChI is InChI=1S/C16H31N3O2/c1-14(19-10-8-18(2)9-11-19)12-17-16(20)13-21-15-6-4-3-5-7-15/h14-15H,3-13H2,1-2H3,(H,17,20)/t14-/m0/s1. The largest absolute Gasteiger partial charge is 0.368 e. The molecule has 0 aromatic rings. The van der Waals surface area contributed by atoms with E-state index in [0.717, 1.165) is 45.6 Å². The number of rotatable bonds is 6. The molecule has 0 bridgehead atoms. The average Bonchev–Trinajstić information content (AvgIpc) is 2.52. The summed E-state index contributed by atoms with van der Waals surface area (Å²) >= 11 is 0. The van der Waals surface area contributed by atoms with Crippen LogP contribution in [0.25, 0.3) is 0 Å². The molecule has 0 radical (unpaired) electrons. The highest BCUT2D eigenvalue weighted by atomic mass is 16.5. The van der Waals surface area contributed by atoms with Crippen molar-refractivity contribution in [2.75, 3.05) is 46.4 Å². The highest BCUT2D eigenvalue weighted by Gasteiger charge is 2.20. The van der Waals surface area contributed by atoms with Crippen molar-refractivity contribution in [1.29, 1.82) is 0 Å². The van der Waals surface area contributed by atoms with Gasteiger partial charge >= 0.3 is 0 Å². The smallest absolute Gasteiger partial charge is 0.246 e. The van der Waals surface area contributed by atoms with Gasteiger partial charge < -0.3 is 15.0 Å². The molecule has 2 fully saturated rings. The van der Waals surface area contributed by atoms with Crippen molar-refractivity contribution in [2.24, 2.45) is 0 Å². The van der Waals surface area contributed by atoms with E-state index < -0.39 is 0 Å². The van der Waals surface area contributed by atoms with Crippen molar-refractivity contribution in [3.05, 3.63) is 0 Å². The van der Waals surface area contributed by atoms with Crippen LogP contribution in [0.5, 0.6) is 0 Å². The number of hydrogen-bond donors (Lipinski definition) is 1. The van der Waals surface area contributed by atoms with Crippen LogP contribution in [0.15, 0.2) is 0 Å². The molecule has 1 aliphatic carbocycles. The quantitative estimate of drug-likeness (QED) is 0.797. The van der Waals surface area contributed by atoms with Gasteiger partial charge in [0.05, 0.1) is 6.10 Å². The van der Waals surface area contributed by atoms with E-state index in [4.69, 9.17) is 4.74 Å². The van der Waals surface area contributed by atoms with Gasteiger partial charge in [-0.05, 0) is 26.8 Å². The van der Waals surface area contributed by atoms with E-state index in [9.17, 15) is 4.79 Å². The van der Waals surface area contributed by atoms with E-state index in [0.29, 0.717) is 12.1 Å². The van der Waals surface area contributed by atoms with Crippen molar-refractivity contribution in [1.82, 2.24) is 15.1 Å². The second kappa shape index (κ2) is 8.71. The number of amides is 1. The number of likely N-dealkylation sites (N-methyl/N-ethyl adjacent to an activating group) is 1. The monoisotopic (exact) mass is 297 g/mol. The Bertz CT molecular complexity index is 311. The van der Waals surface area contributed by atoms with Crippen LogP contribution in [0.3, 0.4) is 0 Å². The molecule has 2 aliphatic rings. The average molecular weight is 297 g/mol. The van der Waals surface area contributed by atoms with Crippen LogP contribution in [0.1, 0.15) is 39.0 Å². The first kappa shape index (κ1) is 16.7. The van der Waals surface area contributed by atoms with Gasteiger partial charge in [-0.2, -0.15) is 0 Å². The van der Waals surface area contributed by atoms with Crippen LogP contribution < -0.4 is 5.32 Å². The van der Waals surface area contributed by atoms with Gasteiger partial charge in [-0.1, -0.05) is 19.3 Å². The third kappa shape index (κ3) is 5.93. The zero-order valence-corrected chi connectivity index (χ0v) is 13.6. The van der Waals surface area contributed by atoms with Crippen LogP contribution in [-0.2, 0) is 9.53 Å². The molecule has 0 spiro atoms. The van der Waals surface area contributed by atoms with Gasteiger partial charge in [-0.25, -0.2) is 0 Å². The van der Waals surface area contributed by atoms with Crippen LogP contribution in [0.4, 0.5) is 0 Å². The summed E-state index contributed by atoms with van der Waals surface area (Å²) in [6.45, 7) is 7.54. The van der Waals surface area contributed by atoms with Gasteiger partial charge in [0.25, 0.3) is 0 Å². The highest BCUT2D eigenvalue weighted by molar-refractivity contribution is 5.77. The number of ether oxygens (including phenoxy) is 1. The Labute approximate surface area is 129 Å². The molecule has 122 valence electrons. The van der Waals surface area contributed by atoms with E-state index in [2.05, 4.69) is 29.1 Å². The molecular weight excluding hydrogens is 266 g/mol. The molecule has 0 aromatic carbocycles. The Hall–Kier alpha value is -0.650. The lowest BCUT2D eigenvalue weighted by molar-refractivity contribution is -0.128. The molecule has 2 rings (SSSR count). The van der Waals surface area contributed by atoms with E-state index in [1.807, 2.05) is 0 Å². The number of piperazine rings is 1. The van der Waals surface area contributed by atoms with Crippen LogP contribution in [0.2, 0.25) is 0 Å². The minimum Gasteiger partial charge on any atom is -0.368 e. The van der Waals surface area contributed by atoms with E-state index in [-0.39, 0.29) is 12.5 Å². The van der Waals surface area contributed by atoms with Gasteiger partial charge in [-0.3, -0.25) is 9.69 Å². The molecule has 1 amide bonds. The summed E-state index contributed by atoms with van der Waals surface area (Å²) in [5.41, 5.74) is 0. The zero-order chi connectivity index (χ0) is 15.1. The second-order valence-corrected chi connectivity index (χ2v) is 6.56. The minimum absolute atomic E-state index is 0.0292. The molecule has 1 heterocycles. The van der Waals surface area contributed by atoms with Crippen LogP contribution in [0, 0.1) is 0 Å². The predicted octanol–water partition coefficient (Wildman–Crippen LogP) is 1.09. The first-order valence-corrected chi connectivity index (χ1v) is 8.46. The maximum Gasteiger partial charge on any atom is 0.246 e. The summed E-state index contributed by atoms with van der Waals surface area (Å²) < 4.78 is 5.70. The van der Waals surface area contributed by atoms with Crippen molar-refractivity contribution in [2.45, 2.75) is 51.2 Å². The summed E-state index contributed by atoms with van der Waals surface area (Å²) in [4.78, 5) is 16.7. The molecule has 0 unspecified atom stereocenters. The molecule has 5 heteroatoms. The Morgan fingerprint density at radius 2 is 1.86 bits per heavy atom. The number of nitrogens with one attached hydrogen (secondary N) is 1. The molecule has 1 aliphatic heterocycles. The lowest BCUT2D eigenvalue weighted by Gasteiger charge is -2.36. The second-order valence-electron chi connectivity index (χ2n) is 6.56. The Morgan fingerprint density at radius 1 is 1.19 bits per heavy atom. The highest BCUT2D eigenvalue weighted by Crippen LogP contribution is 2.19. The molecule has 1 saturated heterocycles. The van der Waals surface area contributed by atoms with E-state index in [1.165, 1.54) is 19.3 Å². The summed E-state index contributed by atoms with van der Waals surface area (Å²) in [5, 5.41) is 3.01. The molecule has 1 N–H and O–H groups in total. The number of carbonyl (C=O) groups excluding carboxylic acids is 1. The summed E-state index contributed by atoms with van der Waals surface area (Å²) in [7, 11) is 2.16. The van der Waals surface area contributed by atoms with Crippen molar-refractivity contribution in [3.8, 4) is 0 Å². The first-order valence-electron chi connectivity index (χ1n) is 8.46. The van der Waals surface area contributed by atoms with E-state index >= 15 is 0 Å². The fraction of sp³-hybridized carbons (Fsp3) is 0.938. The Morgan fingerprint density at radius 3 is 2.52 bits per heavy atom. The third-order valence-corrected chi connectivity index (χ3v) is 4.76. The topological polar surface area (TPSA) is 44.8 Å². The van der Waals surface area contributed by atoms with Gasteiger partial charge in [0.1, 0.15) is 6.61 Å². The Kier molecular flexibility index (Phi) is 6.93. The molecule has 0 aromatic heterocycles. The van der Waals surface area contributed by atoms with E-state index in [1.54, 1.807) is 0 Å². The van der Waals surface area contributed by atoms with Crippen molar-refractivity contribution in [3.63, 3.8) is 0 Å². The SMILES string of the molecule is C[C@@H](CNC(=O)COC1CCCCC1)N1CCN(C)CC1.